The van der Waals surface area contributed by atoms with Gasteiger partial charge in [0.25, 0.3) is 5.91 Å². The number of para-hydroxylation sites is 1. The van der Waals surface area contributed by atoms with Gasteiger partial charge in [-0.2, -0.15) is 5.10 Å². The van der Waals surface area contributed by atoms with Crippen LogP contribution >= 0.6 is 22.9 Å². The van der Waals surface area contributed by atoms with Gasteiger partial charge in [-0.25, -0.2) is 13.1 Å². The minimum absolute atomic E-state index is 0.0671. The Morgan fingerprint density at radius 2 is 1.72 bits per heavy atom. The molecular formula is C32H31ClN4O4S2. The molecule has 0 spiro atoms. The van der Waals surface area contributed by atoms with Crippen LogP contribution in [0.3, 0.4) is 0 Å². The SMILES string of the molecule is COc1ccc(C(CNC(=O)c2cc(-c3ccc(-c4cccc(S(C)(=O)=O)c4)s3)n(-c3ccccc3Cl)n2)N(C)C)cc1. The maximum Gasteiger partial charge on any atom is 0.271 e. The van der Waals surface area contributed by atoms with Crippen LogP contribution < -0.4 is 10.1 Å². The molecule has 1 N–H and O–H groups in total. The van der Waals surface area contributed by atoms with E-state index in [9.17, 15) is 13.2 Å². The lowest BCUT2D eigenvalue weighted by Gasteiger charge is -2.25. The van der Waals surface area contributed by atoms with Crippen LogP contribution in [0.25, 0.3) is 26.7 Å². The van der Waals surface area contributed by atoms with E-state index in [4.69, 9.17) is 16.3 Å². The molecule has 43 heavy (non-hydrogen) atoms. The van der Waals surface area contributed by atoms with E-state index < -0.39 is 9.84 Å². The molecule has 2 aromatic heterocycles. The molecule has 222 valence electrons. The predicted molar refractivity (Wildman–Crippen MR) is 172 cm³/mol. The van der Waals surface area contributed by atoms with Crippen LogP contribution in [0, 0.1) is 0 Å². The van der Waals surface area contributed by atoms with Gasteiger partial charge in [0.15, 0.2) is 15.5 Å². The van der Waals surface area contributed by atoms with Gasteiger partial charge in [0, 0.05) is 17.7 Å². The lowest BCUT2D eigenvalue weighted by Crippen LogP contribution is -2.34. The van der Waals surface area contributed by atoms with Crippen molar-refractivity contribution in [1.82, 2.24) is 20.0 Å². The second kappa shape index (κ2) is 12.7. The highest BCUT2D eigenvalue weighted by Crippen LogP contribution is 2.37. The lowest BCUT2D eigenvalue weighted by atomic mass is 10.1. The zero-order valence-electron chi connectivity index (χ0n) is 24.1. The van der Waals surface area contributed by atoms with Crippen LogP contribution in [-0.4, -0.2) is 63.0 Å². The van der Waals surface area contributed by atoms with Gasteiger partial charge in [-0.05, 0) is 79.8 Å². The largest absolute Gasteiger partial charge is 0.497 e. The molecule has 0 saturated carbocycles. The molecule has 0 aliphatic heterocycles. The summed E-state index contributed by atoms with van der Waals surface area (Å²) in [6.07, 6.45) is 1.19. The number of halogens is 1. The van der Waals surface area contributed by atoms with E-state index in [0.717, 1.165) is 26.6 Å². The molecule has 11 heteroatoms. The lowest BCUT2D eigenvalue weighted by molar-refractivity contribution is 0.0936. The molecule has 3 aromatic carbocycles. The van der Waals surface area contributed by atoms with Crippen molar-refractivity contribution in [2.75, 3.05) is 34.0 Å². The maximum atomic E-state index is 13.5. The monoisotopic (exact) mass is 634 g/mol. The smallest absolute Gasteiger partial charge is 0.271 e. The van der Waals surface area contributed by atoms with Crippen LogP contribution in [0.5, 0.6) is 5.75 Å². The summed E-state index contributed by atoms with van der Waals surface area (Å²) in [7, 11) is 2.21. The molecule has 5 aromatic rings. The highest BCUT2D eigenvalue weighted by molar-refractivity contribution is 7.90. The number of carbonyl (C=O) groups is 1. The van der Waals surface area contributed by atoms with Crippen LogP contribution in [-0.2, 0) is 9.84 Å². The summed E-state index contributed by atoms with van der Waals surface area (Å²) in [5.41, 5.74) is 3.40. The van der Waals surface area contributed by atoms with Gasteiger partial charge in [-0.1, -0.05) is 48.0 Å². The number of sulfone groups is 1. The number of nitrogens with zero attached hydrogens (tertiary/aromatic N) is 3. The van der Waals surface area contributed by atoms with Crippen molar-refractivity contribution >= 4 is 38.7 Å². The molecule has 1 unspecified atom stereocenters. The first-order valence-electron chi connectivity index (χ1n) is 13.4. The van der Waals surface area contributed by atoms with E-state index >= 15 is 0 Å². The molecule has 1 atom stereocenters. The Bertz CT molecular complexity index is 1860. The average Bonchev–Trinajstić information content (AvgIpc) is 3.65. The predicted octanol–water partition coefficient (Wildman–Crippen LogP) is 6.37. The topological polar surface area (TPSA) is 93.5 Å². The highest BCUT2D eigenvalue weighted by Gasteiger charge is 2.22. The third kappa shape index (κ3) is 6.83. The Kier molecular flexibility index (Phi) is 9.03. The molecular weight excluding hydrogens is 604 g/mol. The van der Waals surface area contributed by atoms with Crippen molar-refractivity contribution in [1.29, 1.82) is 0 Å². The number of methoxy groups -OCH3 is 1. The second-order valence-corrected chi connectivity index (χ2v) is 13.7. The summed E-state index contributed by atoms with van der Waals surface area (Å²) < 4.78 is 31.2. The van der Waals surface area contributed by atoms with E-state index in [1.165, 1.54) is 17.6 Å². The van der Waals surface area contributed by atoms with Gasteiger partial charge in [-0.3, -0.25) is 4.79 Å². The number of amides is 1. The van der Waals surface area contributed by atoms with E-state index in [1.54, 1.807) is 42.1 Å². The molecule has 8 nitrogen and oxygen atoms in total. The summed E-state index contributed by atoms with van der Waals surface area (Å²) in [5.74, 6) is 0.452. The Labute approximate surface area is 260 Å². The fraction of sp³-hybridized carbons (Fsp3) is 0.188. The normalized spacial score (nSPS) is 12.3. The Balaban J connectivity index is 1.47. The van der Waals surface area contributed by atoms with Crippen molar-refractivity contribution in [2.24, 2.45) is 0 Å². The van der Waals surface area contributed by atoms with Crippen molar-refractivity contribution < 1.29 is 17.9 Å². The summed E-state index contributed by atoms with van der Waals surface area (Å²) in [6, 6.07) is 27.5. The highest BCUT2D eigenvalue weighted by atomic mass is 35.5. The number of benzene rings is 3. The third-order valence-corrected chi connectivity index (χ3v) is 9.59. The Hall–Kier alpha value is -3.96. The molecule has 5 rings (SSSR count). The first-order valence-corrected chi connectivity index (χ1v) is 16.5. The number of aromatic nitrogens is 2. The fourth-order valence-corrected chi connectivity index (χ4v) is 6.58. The number of rotatable bonds is 10. The quantitative estimate of drug-likeness (QED) is 0.192. The van der Waals surface area contributed by atoms with Gasteiger partial charge in [0.2, 0.25) is 0 Å². The van der Waals surface area contributed by atoms with Crippen molar-refractivity contribution in [2.45, 2.75) is 10.9 Å². The van der Waals surface area contributed by atoms with Gasteiger partial charge in [-0.15, -0.1) is 11.3 Å². The zero-order chi connectivity index (χ0) is 30.7. The van der Waals surface area contributed by atoms with Crippen molar-refractivity contribution in [3.8, 4) is 32.4 Å². The maximum absolute atomic E-state index is 13.5. The minimum atomic E-state index is -3.35. The average molecular weight is 635 g/mol. The number of ether oxygens (including phenoxy) is 1. The standard InChI is InChI=1S/C32H31ClN4O4S2/c1-36(2)29(21-12-14-23(41-3)15-13-21)20-34-32(38)26-19-28(37(35-26)27-11-6-5-10-25(27)33)31-17-16-30(42-31)22-8-7-9-24(18-22)43(4,39)40/h5-19,29H,20H2,1-4H3,(H,34,38). The zero-order valence-corrected chi connectivity index (χ0v) is 26.5. The van der Waals surface area contributed by atoms with E-state index in [0.29, 0.717) is 22.9 Å². The number of likely N-dealkylation sites (N-methyl/N-ethyl adjacent to an activating group) is 1. The third-order valence-electron chi connectivity index (χ3n) is 7.01. The van der Waals surface area contributed by atoms with Crippen LogP contribution in [0.15, 0.2) is 95.9 Å². The van der Waals surface area contributed by atoms with Crippen LogP contribution in [0.2, 0.25) is 5.02 Å². The van der Waals surface area contributed by atoms with E-state index in [2.05, 4.69) is 10.4 Å². The second-order valence-electron chi connectivity index (χ2n) is 10.2. The molecule has 0 aliphatic carbocycles. The number of thiophene rings is 1. The van der Waals surface area contributed by atoms with Gasteiger partial charge in [0.05, 0.1) is 39.3 Å². The fourth-order valence-electron chi connectivity index (χ4n) is 4.69. The van der Waals surface area contributed by atoms with Crippen LogP contribution in [0.1, 0.15) is 22.1 Å². The number of carbonyl (C=O) groups excluding carboxylic acids is 1. The van der Waals surface area contributed by atoms with E-state index in [1.807, 2.05) is 79.7 Å². The summed E-state index contributed by atoms with van der Waals surface area (Å²) in [6.45, 7) is 0.367. The molecule has 0 aliphatic rings. The number of hydrogen-bond acceptors (Lipinski definition) is 7. The molecule has 0 saturated heterocycles. The van der Waals surface area contributed by atoms with Gasteiger partial charge in [0.1, 0.15) is 5.75 Å². The van der Waals surface area contributed by atoms with Gasteiger partial charge >= 0.3 is 0 Å². The molecule has 0 bridgehead atoms. The van der Waals surface area contributed by atoms with Gasteiger partial charge < -0.3 is 15.0 Å². The molecule has 0 radical (unpaired) electrons. The Morgan fingerprint density at radius 1 is 1.00 bits per heavy atom. The summed E-state index contributed by atoms with van der Waals surface area (Å²) in [5, 5.41) is 8.21. The number of hydrogen-bond donors (Lipinski definition) is 1. The van der Waals surface area contributed by atoms with Crippen molar-refractivity contribution in [3.05, 3.63) is 107 Å². The molecule has 1 amide bonds. The van der Waals surface area contributed by atoms with E-state index in [-0.39, 0.29) is 22.5 Å². The van der Waals surface area contributed by atoms with Crippen LogP contribution in [0.4, 0.5) is 0 Å². The molecule has 0 fully saturated rings. The summed E-state index contributed by atoms with van der Waals surface area (Å²) in [4.78, 5) is 17.5. The van der Waals surface area contributed by atoms with Crippen molar-refractivity contribution in [3.63, 3.8) is 0 Å². The summed E-state index contributed by atoms with van der Waals surface area (Å²) >= 11 is 8.04. The Morgan fingerprint density at radius 3 is 2.40 bits per heavy atom. The minimum Gasteiger partial charge on any atom is -0.497 e. The number of nitrogens with one attached hydrogen (secondary N) is 1. The first-order chi connectivity index (χ1) is 20.5. The molecule has 2 heterocycles. The first kappa shape index (κ1) is 30.5.